The van der Waals surface area contributed by atoms with E-state index in [4.69, 9.17) is 5.11 Å². The summed E-state index contributed by atoms with van der Waals surface area (Å²) in [7, 11) is 1.00. The summed E-state index contributed by atoms with van der Waals surface area (Å²) in [4.78, 5) is 5.25. The maximum absolute atomic E-state index is 13.1. The average Bonchev–Trinajstić information content (AvgIpc) is 3.18. The van der Waals surface area contributed by atoms with Gasteiger partial charge in [0.1, 0.15) is 5.82 Å². The van der Waals surface area contributed by atoms with Gasteiger partial charge in [-0.3, -0.25) is 4.90 Å². The fourth-order valence-electron chi connectivity index (χ4n) is 4.60. The van der Waals surface area contributed by atoms with Gasteiger partial charge in [0.05, 0.1) is 0 Å². The second-order valence-corrected chi connectivity index (χ2v) is 8.00. The molecule has 1 atom stereocenters. The zero-order chi connectivity index (χ0) is 19.8. The Bertz CT molecular complexity index is 684. The van der Waals surface area contributed by atoms with Crippen molar-refractivity contribution in [2.24, 2.45) is 5.92 Å². The van der Waals surface area contributed by atoms with Crippen LogP contribution in [-0.4, -0.2) is 54.7 Å². The zero-order valence-corrected chi connectivity index (χ0v) is 16.9. The molecule has 2 aromatic carbocycles. The third-order valence-corrected chi connectivity index (χ3v) is 6.06. The molecule has 0 unspecified atom stereocenters. The Morgan fingerprint density at radius 1 is 0.857 bits per heavy atom. The lowest BCUT2D eigenvalue weighted by Gasteiger charge is -2.33. The van der Waals surface area contributed by atoms with Gasteiger partial charge in [-0.15, -0.1) is 0 Å². The van der Waals surface area contributed by atoms with E-state index in [1.54, 1.807) is 12.1 Å². The monoisotopic (exact) mass is 384 g/mol. The lowest BCUT2D eigenvalue weighted by molar-refractivity contribution is 0.181. The van der Waals surface area contributed by atoms with Crippen molar-refractivity contribution in [3.8, 4) is 0 Å². The molecule has 2 aliphatic rings. The predicted molar refractivity (Wildman–Crippen MR) is 113 cm³/mol. The lowest BCUT2D eigenvalue weighted by atomic mass is 9.89. The first kappa shape index (κ1) is 21.0. The first-order valence-electron chi connectivity index (χ1n) is 10.4. The third kappa shape index (κ3) is 5.87. The molecule has 0 aliphatic carbocycles. The van der Waals surface area contributed by atoms with Crippen LogP contribution in [0.1, 0.15) is 36.3 Å². The van der Waals surface area contributed by atoms with Crippen LogP contribution in [0, 0.1) is 11.7 Å². The summed E-state index contributed by atoms with van der Waals surface area (Å²) in [5.41, 5.74) is 2.73. The standard InChI is InChI=1S/C23H29FN2.CH4O/c24-23-8-6-21(7-9-23)22-11-14-25(15-12-22)17-20-10-13-26(18-20)16-19-4-2-1-3-5-19;1-2/h1-9,20,22H,10-18H2;2H,1H3/t20-;/m1./s1. The van der Waals surface area contributed by atoms with Crippen molar-refractivity contribution in [1.29, 1.82) is 0 Å². The zero-order valence-electron chi connectivity index (χ0n) is 16.9. The van der Waals surface area contributed by atoms with Gasteiger partial charge in [0.2, 0.25) is 0 Å². The van der Waals surface area contributed by atoms with Crippen LogP contribution in [0.2, 0.25) is 0 Å². The highest BCUT2D eigenvalue weighted by atomic mass is 19.1. The van der Waals surface area contributed by atoms with E-state index in [-0.39, 0.29) is 5.82 Å². The molecule has 0 radical (unpaired) electrons. The van der Waals surface area contributed by atoms with Crippen molar-refractivity contribution < 1.29 is 9.50 Å². The number of nitrogens with zero attached hydrogens (tertiary/aromatic N) is 2. The number of aliphatic hydroxyl groups excluding tert-OH is 1. The Morgan fingerprint density at radius 2 is 1.50 bits per heavy atom. The van der Waals surface area contributed by atoms with Crippen LogP contribution in [0.3, 0.4) is 0 Å². The van der Waals surface area contributed by atoms with E-state index in [2.05, 4.69) is 40.1 Å². The first-order chi connectivity index (χ1) is 13.8. The second-order valence-electron chi connectivity index (χ2n) is 8.00. The Kier molecular flexibility index (Phi) is 8.01. The van der Waals surface area contributed by atoms with Crippen molar-refractivity contribution >= 4 is 0 Å². The van der Waals surface area contributed by atoms with E-state index in [1.165, 1.54) is 63.1 Å². The van der Waals surface area contributed by atoms with Crippen molar-refractivity contribution in [2.75, 3.05) is 39.8 Å². The molecule has 3 nitrogen and oxygen atoms in total. The molecule has 0 aromatic heterocycles. The van der Waals surface area contributed by atoms with E-state index in [9.17, 15) is 4.39 Å². The van der Waals surface area contributed by atoms with Crippen molar-refractivity contribution in [2.45, 2.75) is 31.7 Å². The van der Waals surface area contributed by atoms with Gasteiger partial charge in [-0.1, -0.05) is 42.5 Å². The van der Waals surface area contributed by atoms with Crippen LogP contribution in [0.5, 0.6) is 0 Å². The molecule has 0 amide bonds. The van der Waals surface area contributed by atoms with Gasteiger partial charge >= 0.3 is 0 Å². The summed E-state index contributed by atoms with van der Waals surface area (Å²) in [6.45, 7) is 7.14. The first-order valence-corrected chi connectivity index (χ1v) is 10.4. The van der Waals surface area contributed by atoms with Crippen molar-refractivity contribution in [3.63, 3.8) is 0 Å². The number of benzene rings is 2. The summed E-state index contributed by atoms with van der Waals surface area (Å²) in [5.74, 6) is 1.28. The van der Waals surface area contributed by atoms with Crippen molar-refractivity contribution in [1.82, 2.24) is 9.80 Å². The molecular formula is C24H33FN2O. The molecule has 0 spiro atoms. The second kappa shape index (κ2) is 10.7. The highest BCUT2D eigenvalue weighted by Crippen LogP contribution is 2.29. The molecule has 2 saturated heterocycles. The molecule has 2 aromatic rings. The molecule has 2 aliphatic heterocycles. The summed E-state index contributed by atoms with van der Waals surface area (Å²) in [6.07, 6.45) is 3.73. The Morgan fingerprint density at radius 3 is 2.18 bits per heavy atom. The fourth-order valence-corrected chi connectivity index (χ4v) is 4.60. The Balaban J connectivity index is 0.00000109. The number of piperidine rings is 1. The molecule has 0 saturated carbocycles. The smallest absolute Gasteiger partial charge is 0.123 e. The minimum absolute atomic E-state index is 0.132. The Hall–Kier alpha value is -1.75. The number of likely N-dealkylation sites (tertiary alicyclic amines) is 2. The van der Waals surface area contributed by atoms with E-state index < -0.39 is 0 Å². The van der Waals surface area contributed by atoms with Crippen LogP contribution in [-0.2, 0) is 6.54 Å². The van der Waals surface area contributed by atoms with Gasteiger partial charge in [-0.2, -0.15) is 0 Å². The van der Waals surface area contributed by atoms with E-state index >= 15 is 0 Å². The van der Waals surface area contributed by atoms with Gasteiger partial charge < -0.3 is 10.0 Å². The molecule has 2 fully saturated rings. The van der Waals surface area contributed by atoms with E-state index in [1.807, 2.05) is 12.1 Å². The normalized spacial score (nSPS) is 21.3. The molecule has 4 heteroatoms. The minimum atomic E-state index is -0.132. The number of hydrogen-bond donors (Lipinski definition) is 1. The van der Waals surface area contributed by atoms with Gasteiger partial charge in [-0.05, 0) is 74.0 Å². The van der Waals surface area contributed by atoms with Gasteiger partial charge in [-0.25, -0.2) is 4.39 Å². The molecule has 1 N–H and O–H groups in total. The van der Waals surface area contributed by atoms with Crippen LogP contribution >= 0.6 is 0 Å². The number of rotatable bonds is 5. The minimum Gasteiger partial charge on any atom is -0.400 e. The van der Waals surface area contributed by atoms with Gasteiger partial charge in [0.15, 0.2) is 0 Å². The highest BCUT2D eigenvalue weighted by molar-refractivity contribution is 5.21. The Labute approximate surface area is 168 Å². The molecule has 4 rings (SSSR count). The fraction of sp³-hybridized carbons (Fsp3) is 0.500. The van der Waals surface area contributed by atoms with Gasteiger partial charge in [0.25, 0.3) is 0 Å². The molecule has 0 bridgehead atoms. The van der Waals surface area contributed by atoms with E-state index in [0.29, 0.717) is 5.92 Å². The summed E-state index contributed by atoms with van der Waals surface area (Å²) >= 11 is 0. The predicted octanol–water partition coefficient (Wildman–Crippen LogP) is 4.14. The molecule has 152 valence electrons. The number of hydrogen-bond acceptors (Lipinski definition) is 3. The lowest BCUT2D eigenvalue weighted by Crippen LogP contribution is -2.37. The summed E-state index contributed by atoms with van der Waals surface area (Å²) < 4.78 is 13.1. The summed E-state index contributed by atoms with van der Waals surface area (Å²) in [6, 6.07) is 17.9. The molecule has 28 heavy (non-hydrogen) atoms. The largest absolute Gasteiger partial charge is 0.400 e. The number of halogens is 1. The van der Waals surface area contributed by atoms with Gasteiger partial charge in [0, 0.05) is 26.7 Å². The van der Waals surface area contributed by atoms with Crippen molar-refractivity contribution in [3.05, 3.63) is 71.5 Å². The quantitative estimate of drug-likeness (QED) is 0.839. The third-order valence-electron chi connectivity index (χ3n) is 6.06. The molecule has 2 heterocycles. The van der Waals surface area contributed by atoms with Crippen LogP contribution in [0.25, 0.3) is 0 Å². The van der Waals surface area contributed by atoms with Crippen LogP contribution in [0.4, 0.5) is 4.39 Å². The number of aliphatic hydroxyl groups is 1. The SMILES string of the molecule is CO.Fc1ccc(C2CCN(C[C@H]3CCN(Cc4ccccc4)C3)CC2)cc1. The topological polar surface area (TPSA) is 26.7 Å². The average molecular weight is 385 g/mol. The molecular weight excluding hydrogens is 351 g/mol. The van der Waals surface area contributed by atoms with Crippen LogP contribution in [0.15, 0.2) is 54.6 Å². The summed E-state index contributed by atoms with van der Waals surface area (Å²) in [5, 5.41) is 7.00. The highest BCUT2D eigenvalue weighted by Gasteiger charge is 2.27. The van der Waals surface area contributed by atoms with Crippen LogP contribution < -0.4 is 0 Å². The maximum Gasteiger partial charge on any atom is 0.123 e. The maximum atomic E-state index is 13.1. The van der Waals surface area contributed by atoms with E-state index in [0.717, 1.165) is 19.6 Å².